The fraction of sp³-hybridized carbons (Fsp3) is 0.263. The van der Waals surface area contributed by atoms with E-state index < -0.39 is 5.97 Å². The Morgan fingerprint density at radius 3 is 2.90 bits per heavy atom. The highest BCUT2D eigenvalue weighted by Crippen LogP contribution is 2.30. The Bertz CT molecular complexity index is 1070. The van der Waals surface area contributed by atoms with Crippen LogP contribution in [0.2, 0.25) is 0 Å². The van der Waals surface area contributed by atoms with Gasteiger partial charge in [-0.3, -0.25) is 9.36 Å². The monoisotopic (exact) mass is 510 g/mol. The van der Waals surface area contributed by atoms with Gasteiger partial charge in [0.2, 0.25) is 11.7 Å². The van der Waals surface area contributed by atoms with Gasteiger partial charge in [0.25, 0.3) is 0 Å². The lowest BCUT2D eigenvalue weighted by atomic mass is 10.3. The van der Waals surface area contributed by atoms with Gasteiger partial charge in [-0.2, -0.15) is 0 Å². The Morgan fingerprint density at radius 2 is 2.23 bits per heavy atom. The summed E-state index contributed by atoms with van der Waals surface area (Å²) in [5.41, 5.74) is 0.359. The minimum absolute atomic E-state index is 0.0936. The van der Waals surface area contributed by atoms with Crippen molar-refractivity contribution in [2.75, 3.05) is 17.7 Å². The van der Waals surface area contributed by atoms with Crippen LogP contribution in [-0.2, 0) is 16.1 Å². The summed E-state index contributed by atoms with van der Waals surface area (Å²) in [6.07, 6.45) is 1.72. The first-order valence-electron chi connectivity index (χ1n) is 8.93. The number of carbonyl (C=O) groups excluding carboxylic acids is 2. The van der Waals surface area contributed by atoms with Gasteiger partial charge in [0.05, 0.1) is 17.9 Å². The summed E-state index contributed by atoms with van der Waals surface area (Å²) < 4.78 is 13.0. The van der Waals surface area contributed by atoms with E-state index in [9.17, 15) is 9.59 Å². The average Bonchev–Trinajstić information content (AvgIpc) is 3.39. The van der Waals surface area contributed by atoms with Crippen LogP contribution >= 0.6 is 39.0 Å². The summed E-state index contributed by atoms with van der Waals surface area (Å²) >= 11 is 5.83. The Balaban J connectivity index is 1.70. The predicted octanol–water partition coefficient (Wildman–Crippen LogP) is 4.76. The SMILES string of the molecule is C=CCn1c(SCC(=O)Nc2sc(C)cc2C(=O)OCC)nnc1-c1ccc(Br)o1. The van der Waals surface area contributed by atoms with Gasteiger partial charge in [-0.15, -0.1) is 28.1 Å². The molecule has 1 amide bonds. The van der Waals surface area contributed by atoms with Crippen molar-refractivity contribution in [1.29, 1.82) is 0 Å². The highest BCUT2D eigenvalue weighted by molar-refractivity contribution is 9.10. The van der Waals surface area contributed by atoms with Gasteiger partial charge in [0.15, 0.2) is 15.6 Å². The van der Waals surface area contributed by atoms with Crippen LogP contribution in [0, 0.1) is 6.92 Å². The number of nitrogens with one attached hydrogen (secondary N) is 1. The number of aromatic nitrogens is 3. The van der Waals surface area contributed by atoms with Gasteiger partial charge < -0.3 is 14.5 Å². The first-order chi connectivity index (χ1) is 14.4. The van der Waals surface area contributed by atoms with Crippen molar-refractivity contribution in [3.63, 3.8) is 0 Å². The highest BCUT2D eigenvalue weighted by atomic mass is 79.9. The lowest BCUT2D eigenvalue weighted by molar-refractivity contribution is -0.113. The number of hydrogen-bond donors (Lipinski definition) is 1. The molecule has 0 aliphatic carbocycles. The molecule has 0 aliphatic rings. The number of allylic oxidation sites excluding steroid dienone is 1. The number of ether oxygens (including phenoxy) is 1. The van der Waals surface area contributed by atoms with Gasteiger partial charge in [-0.25, -0.2) is 4.79 Å². The van der Waals surface area contributed by atoms with Crippen molar-refractivity contribution < 1.29 is 18.7 Å². The molecule has 0 fully saturated rings. The molecule has 8 nitrogen and oxygen atoms in total. The molecule has 3 aromatic heterocycles. The van der Waals surface area contributed by atoms with E-state index in [1.54, 1.807) is 31.2 Å². The van der Waals surface area contributed by atoms with Crippen molar-refractivity contribution in [3.8, 4) is 11.6 Å². The molecule has 0 aliphatic heterocycles. The van der Waals surface area contributed by atoms with Crippen LogP contribution in [0.15, 0.2) is 45.1 Å². The van der Waals surface area contributed by atoms with Gasteiger partial charge in [-0.05, 0) is 48.0 Å². The summed E-state index contributed by atoms with van der Waals surface area (Å²) in [5, 5.41) is 12.2. The summed E-state index contributed by atoms with van der Waals surface area (Å²) in [7, 11) is 0. The number of halogens is 1. The molecule has 0 atom stereocenters. The van der Waals surface area contributed by atoms with Crippen molar-refractivity contribution in [2.45, 2.75) is 25.5 Å². The van der Waals surface area contributed by atoms with Gasteiger partial charge in [0, 0.05) is 11.4 Å². The van der Waals surface area contributed by atoms with E-state index in [-0.39, 0.29) is 18.3 Å². The molecule has 158 valence electrons. The Labute approximate surface area is 189 Å². The summed E-state index contributed by atoms with van der Waals surface area (Å²) in [4.78, 5) is 25.5. The van der Waals surface area contributed by atoms with Crippen LogP contribution in [0.3, 0.4) is 0 Å². The van der Waals surface area contributed by atoms with Gasteiger partial charge >= 0.3 is 5.97 Å². The number of hydrogen-bond acceptors (Lipinski definition) is 8. The second kappa shape index (κ2) is 10.1. The van der Waals surface area contributed by atoms with Gasteiger partial charge in [0.1, 0.15) is 5.00 Å². The molecule has 0 unspecified atom stereocenters. The second-order valence-corrected chi connectivity index (χ2v) is 8.95. The van der Waals surface area contributed by atoms with E-state index in [1.807, 2.05) is 11.5 Å². The zero-order chi connectivity index (χ0) is 21.7. The summed E-state index contributed by atoms with van der Waals surface area (Å²) in [6.45, 7) is 8.09. The first kappa shape index (κ1) is 22.3. The molecule has 0 spiro atoms. The number of aryl methyl sites for hydroxylation is 1. The third kappa shape index (κ3) is 5.21. The zero-order valence-electron chi connectivity index (χ0n) is 16.3. The van der Waals surface area contributed by atoms with Crippen molar-refractivity contribution in [1.82, 2.24) is 14.8 Å². The van der Waals surface area contributed by atoms with E-state index in [0.29, 0.717) is 38.5 Å². The maximum atomic E-state index is 12.5. The van der Waals surface area contributed by atoms with E-state index in [2.05, 4.69) is 38.0 Å². The fourth-order valence-corrected chi connectivity index (χ4v) is 4.54. The van der Waals surface area contributed by atoms with Crippen LogP contribution < -0.4 is 5.32 Å². The van der Waals surface area contributed by atoms with Crippen LogP contribution in [0.4, 0.5) is 5.00 Å². The Hall–Kier alpha value is -2.37. The number of thiophene rings is 1. The number of carbonyl (C=O) groups is 2. The second-order valence-electron chi connectivity index (χ2n) is 5.97. The molecule has 1 N–H and O–H groups in total. The molecule has 0 bridgehead atoms. The Kier molecular flexibility index (Phi) is 7.51. The van der Waals surface area contributed by atoms with E-state index in [1.165, 1.54) is 23.1 Å². The quantitative estimate of drug-likeness (QED) is 0.251. The smallest absolute Gasteiger partial charge is 0.341 e. The maximum absolute atomic E-state index is 12.5. The normalized spacial score (nSPS) is 10.8. The number of furan rings is 1. The molecule has 0 aromatic carbocycles. The molecular weight excluding hydrogens is 492 g/mol. The largest absolute Gasteiger partial charge is 0.462 e. The summed E-state index contributed by atoms with van der Waals surface area (Å²) in [6, 6.07) is 5.26. The number of rotatable bonds is 9. The molecule has 3 aromatic rings. The van der Waals surface area contributed by atoms with Gasteiger partial charge in [-0.1, -0.05) is 17.8 Å². The van der Waals surface area contributed by atoms with Crippen molar-refractivity contribution in [2.24, 2.45) is 0 Å². The zero-order valence-corrected chi connectivity index (χ0v) is 19.5. The minimum atomic E-state index is -0.454. The summed E-state index contributed by atoms with van der Waals surface area (Å²) in [5.74, 6) is 0.478. The minimum Gasteiger partial charge on any atom is -0.462 e. The molecule has 11 heteroatoms. The maximum Gasteiger partial charge on any atom is 0.341 e. The molecule has 3 heterocycles. The number of esters is 1. The molecule has 0 radical (unpaired) electrons. The van der Waals surface area contributed by atoms with Crippen molar-refractivity contribution >= 4 is 55.9 Å². The molecule has 30 heavy (non-hydrogen) atoms. The van der Waals surface area contributed by atoms with Crippen LogP contribution in [-0.4, -0.2) is 39.0 Å². The lowest BCUT2D eigenvalue weighted by Gasteiger charge is -2.07. The Morgan fingerprint density at radius 1 is 1.43 bits per heavy atom. The number of nitrogens with zero attached hydrogens (tertiary/aromatic N) is 3. The number of anilines is 1. The topological polar surface area (TPSA) is 99.2 Å². The molecule has 0 saturated carbocycles. The van der Waals surface area contributed by atoms with Crippen LogP contribution in [0.1, 0.15) is 22.2 Å². The fourth-order valence-electron chi connectivity index (χ4n) is 2.57. The third-order valence-corrected chi connectivity index (χ3v) is 6.12. The van der Waals surface area contributed by atoms with Crippen LogP contribution in [0.5, 0.6) is 0 Å². The van der Waals surface area contributed by atoms with E-state index >= 15 is 0 Å². The number of thioether (sulfide) groups is 1. The van der Waals surface area contributed by atoms with Crippen molar-refractivity contribution in [3.05, 3.63) is 46.0 Å². The third-order valence-electron chi connectivity index (χ3n) is 3.76. The highest BCUT2D eigenvalue weighted by Gasteiger charge is 2.20. The van der Waals surface area contributed by atoms with Crippen LogP contribution in [0.25, 0.3) is 11.6 Å². The average molecular weight is 511 g/mol. The molecule has 3 rings (SSSR count). The number of amides is 1. The van der Waals surface area contributed by atoms with E-state index in [0.717, 1.165) is 4.88 Å². The molecule has 0 saturated heterocycles. The first-order valence-corrected chi connectivity index (χ1v) is 11.5. The lowest BCUT2D eigenvalue weighted by Crippen LogP contribution is -2.16. The standard InChI is InChI=1S/C19H19BrN4O4S2/c1-4-8-24-16(13-6-7-14(20)28-13)22-23-19(24)29-10-15(25)21-17-12(9-11(3)30-17)18(26)27-5-2/h4,6-7,9H,1,5,8,10H2,2-3H3,(H,21,25). The molecular formula is C19H19BrN4O4S2. The predicted molar refractivity (Wildman–Crippen MR) is 120 cm³/mol. The van der Waals surface area contributed by atoms with E-state index in [4.69, 9.17) is 9.15 Å².